The van der Waals surface area contributed by atoms with E-state index in [9.17, 15) is 4.79 Å². The molecule has 4 heteroatoms. The van der Waals surface area contributed by atoms with Gasteiger partial charge in [-0.2, -0.15) is 0 Å². The predicted octanol–water partition coefficient (Wildman–Crippen LogP) is 2.66. The summed E-state index contributed by atoms with van der Waals surface area (Å²) in [5, 5.41) is 8.57. The van der Waals surface area contributed by atoms with Gasteiger partial charge in [0.15, 0.2) is 0 Å². The van der Waals surface area contributed by atoms with Gasteiger partial charge in [-0.25, -0.2) is 5.48 Å². The van der Waals surface area contributed by atoms with Crippen molar-refractivity contribution in [1.29, 1.82) is 0 Å². The molecular formula is C17H20N2O2. The maximum Gasteiger partial charge on any atom is 0.274 e. The fourth-order valence-corrected chi connectivity index (χ4v) is 2.14. The Morgan fingerprint density at radius 3 is 1.86 bits per heavy atom. The lowest BCUT2D eigenvalue weighted by atomic mass is 10.0. The van der Waals surface area contributed by atoms with Crippen molar-refractivity contribution >= 4 is 11.6 Å². The van der Waals surface area contributed by atoms with Gasteiger partial charge in [0.25, 0.3) is 5.91 Å². The molecular weight excluding hydrogens is 264 g/mol. The minimum Gasteiger partial charge on any atom is -0.378 e. The van der Waals surface area contributed by atoms with E-state index in [0.29, 0.717) is 5.56 Å². The van der Waals surface area contributed by atoms with Crippen molar-refractivity contribution in [3.63, 3.8) is 0 Å². The van der Waals surface area contributed by atoms with Gasteiger partial charge in [0, 0.05) is 25.3 Å². The van der Waals surface area contributed by atoms with Crippen LogP contribution in [0.4, 0.5) is 5.69 Å². The Kier molecular flexibility index (Phi) is 4.95. The van der Waals surface area contributed by atoms with Gasteiger partial charge >= 0.3 is 0 Å². The maximum atomic E-state index is 11.2. The van der Waals surface area contributed by atoms with E-state index in [2.05, 4.69) is 29.2 Å². The van der Waals surface area contributed by atoms with Crippen LogP contribution in [0.5, 0.6) is 0 Å². The van der Waals surface area contributed by atoms with Crippen LogP contribution in [0.3, 0.4) is 0 Å². The van der Waals surface area contributed by atoms with Crippen molar-refractivity contribution in [2.45, 2.75) is 12.8 Å². The normalized spacial score (nSPS) is 10.2. The van der Waals surface area contributed by atoms with Crippen LogP contribution in [0.2, 0.25) is 0 Å². The first-order chi connectivity index (χ1) is 10.1. The zero-order chi connectivity index (χ0) is 15.2. The molecule has 1 amide bonds. The zero-order valence-corrected chi connectivity index (χ0v) is 12.3. The molecule has 2 N–H and O–H groups in total. The molecule has 0 spiro atoms. The summed E-state index contributed by atoms with van der Waals surface area (Å²) in [5.74, 6) is -0.485. The summed E-state index contributed by atoms with van der Waals surface area (Å²) in [7, 11) is 4.05. The molecule has 2 rings (SSSR count). The fraction of sp³-hybridized carbons (Fsp3) is 0.235. The molecule has 0 aliphatic carbocycles. The third-order valence-electron chi connectivity index (χ3n) is 3.47. The minimum absolute atomic E-state index is 0.455. The average molecular weight is 284 g/mol. The maximum absolute atomic E-state index is 11.2. The molecule has 21 heavy (non-hydrogen) atoms. The standard InChI is InChI=1S/C17H20N2O2/c1-19(2)16-11-7-14(8-12-16)4-3-13-5-9-15(10-6-13)17(20)18-21/h5-12,21H,3-4H2,1-2H3,(H,18,20). The van der Waals surface area contributed by atoms with Gasteiger partial charge in [-0.05, 0) is 48.2 Å². The van der Waals surface area contributed by atoms with Crippen LogP contribution in [0.1, 0.15) is 21.5 Å². The monoisotopic (exact) mass is 284 g/mol. The van der Waals surface area contributed by atoms with Crippen LogP contribution in [0, 0.1) is 0 Å². The van der Waals surface area contributed by atoms with Gasteiger partial charge < -0.3 is 4.90 Å². The number of benzene rings is 2. The number of anilines is 1. The van der Waals surface area contributed by atoms with Gasteiger partial charge in [-0.1, -0.05) is 24.3 Å². The fourth-order valence-electron chi connectivity index (χ4n) is 2.14. The third kappa shape index (κ3) is 4.07. The molecule has 0 atom stereocenters. The van der Waals surface area contributed by atoms with E-state index >= 15 is 0 Å². The number of carbonyl (C=O) groups excluding carboxylic acids is 1. The van der Waals surface area contributed by atoms with Crippen LogP contribution in [0.15, 0.2) is 48.5 Å². The first kappa shape index (κ1) is 15.1. The zero-order valence-electron chi connectivity index (χ0n) is 12.3. The molecule has 0 heterocycles. The number of aryl methyl sites for hydroxylation is 2. The Hall–Kier alpha value is -2.33. The van der Waals surface area contributed by atoms with E-state index in [1.807, 2.05) is 26.2 Å². The molecule has 0 saturated carbocycles. The number of hydroxylamine groups is 1. The van der Waals surface area contributed by atoms with E-state index in [0.717, 1.165) is 12.8 Å². The lowest BCUT2D eigenvalue weighted by Gasteiger charge is -2.12. The molecule has 4 nitrogen and oxygen atoms in total. The van der Waals surface area contributed by atoms with Gasteiger partial charge in [0.2, 0.25) is 0 Å². The first-order valence-corrected chi connectivity index (χ1v) is 6.90. The average Bonchev–Trinajstić information content (AvgIpc) is 2.53. The van der Waals surface area contributed by atoms with Gasteiger partial charge in [0.05, 0.1) is 0 Å². The molecule has 110 valence electrons. The van der Waals surface area contributed by atoms with Crippen molar-refractivity contribution in [3.8, 4) is 0 Å². The predicted molar refractivity (Wildman–Crippen MR) is 83.9 cm³/mol. The highest BCUT2D eigenvalue weighted by Crippen LogP contribution is 2.14. The Labute approximate surface area is 125 Å². The van der Waals surface area contributed by atoms with E-state index in [1.165, 1.54) is 16.8 Å². The van der Waals surface area contributed by atoms with Crippen molar-refractivity contribution < 1.29 is 10.0 Å². The molecule has 2 aromatic rings. The van der Waals surface area contributed by atoms with Gasteiger partial charge in [-0.15, -0.1) is 0 Å². The van der Waals surface area contributed by atoms with Gasteiger partial charge in [0.1, 0.15) is 0 Å². The van der Waals surface area contributed by atoms with Crippen LogP contribution in [-0.4, -0.2) is 25.2 Å². The van der Waals surface area contributed by atoms with Crippen molar-refractivity contribution in [1.82, 2.24) is 5.48 Å². The van der Waals surface area contributed by atoms with Crippen molar-refractivity contribution in [3.05, 3.63) is 65.2 Å². The topological polar surface area (TPSA) is 52.6 Å². The highest BCUT2D eigenvalue weighted by molar-refractivity contribution is 5.93. The number of amides is 1. The largest absolute Gasteiger partial charge is 0.378 e. The summed E-state index contributed by atoms with van der Waals surface area (Å²) in [6, 6.07) is 15.8. The second kappa shape index (κ2) is 6.90. The lowest BCUT2D eigenvalue weighted by Crippen LogP contribution is -2.18. The Balaban J connectivity index is 1.95. The summed E-state index contributed by atoms with van der Waals surface area (Å²) in [4.78, 5) is 13.3. The molecule has 0 radical (unpaired) electrons. The van der Waals surface area contributed by atoms with E-state index < -0.39 is 5.91 Å². The summed E-state index contributed by atoms with van der Waals surface area (Å²) in [6.07, 6.45) is 1.88. The van der Waals surface area contributed by atoms with Crippen LogP contribution in [-0.2, 0) is 12.8 Å². The molecule has 0 aliphatic rings. The van der Waals surface area contributed by atoms with Crippen molar-refractivity contribution in [2.75, 3.05) is 19.0 Å². The van der Waals surface area contributed by atoms with Crippen LogP contribution < -0.4 is 10.4 Å². The van der Waals surface area contributed by atoms with E-state index in [1.54, 1.807) is 17.6 Å². The Morgan fingerprint density at radius 2 is 1.43 bits per heavy atom. The quantitative estimate of drug-likeness (QED) is 0.655. The molecule has 0 fully saturated rings. The number of carbonyl (C=O) groups is 1. The second-order valence-corrected chi connectivity index (χ2v) is 5.20. The number of hydrogen-bond acceptors (Lipinski definition) is 3. The summed E-state index contributed by atoms with van der Waals surface area (Å²) in [5.41, 5.74) is 5.74. The minimum atomic E-state index is -0.485. The smallest absolute Gasteiger partial charge is 0.274 e. The molecule has 0 aliphatic heterocycles. The number of rotatable bonds is 5. The summed E-state index contributed by atoms with van der Waals surface area (Å²) >= 11 is 0. The Bertz CT molecular complexity index is 589. The second-order valence-electron chi connectivity index (χ2n) is 5.20. The highest BCUT2D eigenvalue weighted by atomic mass is 16.5. The molecule has 0 aromatic heterocycles. The SMILES string of the molecule is CN(C)c1ccc(CCc2ccc(C(=O)NO)cc2)cc1. The number of nitrogens with one attached hydrogen (secondary N) is 1. The molecule has 2 aromatic carbocycles. The third-order valence-corrected chi connectivity index (χ3v) is 3.47. The lowest BCUT2D eigenvalue weighted by molar-refractivity contribution is 0.0706. The van der Waals surface area contributed by atoms with Crippen molar-refractivity contribution in [2.24, 2.45) is 0 Å². The summed E-state index contributed by atoms with van der Waals surface area (Å²) in [6.45, 7) is 0. The highest BCUT2D eigenvalue weighted by Gasteiger charge is 2.03. The first-order valence-electron chi connectivity index (χ1n) is 6.90. The van der Waals surface area contributed by atoms with Crippen LogP contribution in [0.25, 0.3) is 0 Å². The molecule has 0 bridgehead atoms. The number of nitrogens with zero attached hydrogens (tertiary/aromatic N) is 1. The Morgan fingerprint density at radius 1 is 0.952 bits per heavy atom. The van der Waals surface area contributed by atoms with Gasteiger partial charge in [-0.3, -0.25) is 10.0 Å². The number of hydrogen-bond donors (Lipinski definition) is 2. The molecule has 0 unspecified atom stereocenters. The van der Waals surface area contributed by atoms with E-state index in [4.69, 9.17) is 5.21 Å². The van der Waals surface area contributed by atoms with Crippen LogP contribution >= 0.6 is 0 Å². The summed E-state index contributed by atoms with van der Waals surface area (Å²) < 4.78 is 0. The van der Waals surface area contributed by atoms with E-state index in [-0.39, 0.29) is 0 Å². The molecule has 0 saturated heterocycles.